The molecule has 0 bridgehead atoms. The van der Waals surface area contributed by atoms with Gasteiger partial charge >= 0.3 is 0 Å². The van der Waals surface area contributed by atoms with Crippen molar-refractivity contribution in [3.63, 3.8) is 0 Å². The first-order valence-corrected chi connectivity index (χ1v) is 7.51. The molecular formula is C19H20N2. The Morgan fingerprint density at radius 2 is 1.95 bits per heavy atom. The van der Waals surface area contributed by atoms with Crippen LogP contribution in [0.4, 0.5) is 0 Å². The van der Waals surface area contributed by atoms with E-state index in [0.717, 1.165) is 23.1 Å². The number of fused-ring (bicyclic) bond motifs is 1. The van der Waals surface area contributed by atoms with Gasteiger partial charge in [-0.2, -0.15) is 0 Å². The number of aryl methyl sites for hydroxylation is 1. The Kier molecular flexibility index (Phi) is 3.70. The minimum atomic E-state index is 0.572. The second kappa shape index (κ2) is 5.65. The molecule has 0 radical (unpaired) electrons. The van der Waals surface area contributed by atoms with Gasteiger partial charge in [0.1, 0.15) is 0 Å². The molecule has 0 aliphatic heterocycles. The molecule has 106 valence electrons. The van der Waals surface area contributed by atoms with Crippen molar-refractivity contribution < 1.29 is 0 Å². The molecule has 1 atom stereocenters. The summed E-state index contributed by atoms with van der Waals surface area (Å²) in [6, 6.07) is 14.9. The van der Waals surface area contributed by atoms with Gasteiger partial charge < -0.3 is 0 Å². The summed E-state index contributed by atoms with van der Waals surface area (Å²) in [4.78, 5) is 9.05. The largest absolute Gasteiger partial charge is 0.237 e. The Bertz CT molecular complexity index is 777. The molecule has 2 nitrogen and oxygen atoms in total. The fourth-order valence-corrected chi connectivity index (χ4v) is 2.59. The molecule has 0 amide bonds. The Labute approximate surface area is 125 Å². The zero-order valence-electron chi connectivity index (χ0n) is 12.8. The third-order valence-electron chi connectivity index (χ3n) is 4.04. The van der Waals surface area contributed by atoms with E-state index in [2.05, 4.69) is 56.1 Å². The van der Waals surface area contributed by atoms with Gasteiger partial charge in [-0.3, -0.25) is 0 Å². The molecule has 1 unspecified atom stereocenters. The lowest BCUT2D eigenvalue weighted by Crippen LogP contribution is -1.94. The normalized spacial score (nSPS) is 12.5. The highest BCUT2D eigenvalue weighted by molar-refractivity contribution is 5.78. The standard InChI is InChI=1S/C19H20N2/c1-4-14(3)16-10-13(2)11-17(12-16)18-8-7-15-6-5-9-20-19(15)21-18/h5-12,14H,4H2,1-3H3. The minimum absolute atomic E-state index is 0.572. The van der Waals surface area contributed by atoms with E-state index >= 15 is 0 Å². The van der Waals surface area contributed by atoms with Crippen molar-refractivity contribution in [2.45, 2.75) is 33.1 Å². The van der Waals surface area contributed by atoms with E-state index in [-0.39, 0.29) is 0 Å². The van der Waals surface area contributed by atoms with Crippen molar-refractivity contribution in [3.05, 3.63) is 59.8 Å². The summed E-state index contributed by atoms with van der Waals surface area (Å²) in [7, 11) is 0. The third kappa shape index (κ3) is 2.80. The molecule has 1 aromatic carbocycles. The van der Waals surface area contributed by atoms with Gasteiger partial charge in [-0.1, -0.05) is 25.5 Å². The molecule has 0 aliphatic carbocycles. The predicted molar refractivity (Wildman–Crippen MR) is 88.4 cm³/mol. The molecule has 0 saturated carbocycles. The zero-order chi connectivity index (χ0) is 14.8. The van der Waals surface area contributed by atoms with Gasteiger partial charge in [0.15, 0.2) is 5.65 Å². The maximum Gasteiger partial charge on any atom is 0.159 e. The molecule has 3 aromatic rings. The van der Waals surface area contributed by atoms with Crippen LogP contribution in [0.25, 0.3) is 22.3 Å². The van der Waals surface area contributed by atoms with Gasteiger partial charge in [-0.25, -0.2) is 9.97 Å². The van der Waals surface area contributed by atoms with Crippen molar-refractivity contribution in [3.8, 4) is 11.3 Å². The van der Waals surface area contributed by atoms with Gasteiger partial charge in [0.2, 0.25) is 0 Å². The van der Waals surface area contributed by atoms with Crippen LogP contribution in [0.15, 0.2) is 48.7 Å². The maximum absolute atomic E-state index is 4.70. The monoisotopic (exact) mass is 276 g/mol. The fourth-order valence-electron chi connectivity index (χ4n) is 2.59. The van der Waals surface area contributed by atoms with Crippen LogP contribution >= 0.6 is 0 Å². The van der Waals surface area contributed by atoms with Crippen molar-refractivity contribution in [2.75, 3.05) is 0 Å². The van der Waals surface area contributed by atoms with Gasteiger partial charge in [0.05, 0.1) is 5.69 Å². The van der Waals surface area contributed by atoms with E-state index in [0.29, 0.717) is 5.92 Å². The molecule has 0 fully saturated rings. The highest BCUT2D eigenvalue weighted by atomic mass is 14.8. The number of benzene rings is 1. The molecule has 0 aliphatic rings. The van der Waals surface area contributed by atoms with Crippen LogP contribution in [0.2, 0.25) is 0 Å². The predicted octanol–water partition coefficient (Wildman–Crippen LogP) is 5.12. The van der Waals surface area contributed by atoms with Gasteiger partial charge in [-0.15, -0.1) is 0 Å². The molecule has 0 saturated heterocycles. The Hall–Kier alpha value is -2.22. The first-order valence-electron chi connectivity index (χ1n) is 7.51. The van der Waals surface area contributed by atoms with E-state index < -0.39 is 0 Å². The Morgan fingerprint density at radius 3 is 2.76 bits per heavy atom. The highest BCUT2D eigenvalue weighted by Crippen LogP contribution is 2.27. The van der Waals surface area contributed by atoms with Crippen molar-refractivity contribution in [2.24, 2.45) is 0 Å². The molecule has 2 heteroatoms. The van der Waals surface area contributed by atoms with Crippen molar-refractivity contribution in [1.29, 1.82) is 0 Å². The molecular weight excluding hydrogens is 256 g/mol. The number of hydrogen-bond donors (Lipinski definition) is 0. The molecule has 3 rings (SSSR count). The van der Waals surface area contributed by atoms with Crippen LogP contribution in [0, 0.1) is 6.92 Å². The number of rotatable bonds is 3. The summed E-state index contributed by atoms with van der Waals surface area (Å²) in [6.45, 7) is 6.65. The van der Waals surface area contributed by atoms with E-state index in [1.165, 1.54) is 16.7 Å². The summed E-state index contributed by atoms with van der Waals surface area (Å²) in [5.74, 6) is 0.572. The highest BCUT2D eigenvalue weighted by Gasteiger charge is 2.08. The lowest BCUT2D eigenvalue weighted by Gasteiger charge is -2.12. The third-order valence-corrected chi connectivity index (χ3v) is 4.04. The first kappa shape index (κ1) is 13.7. The average molecular weight is 276 g/mol. The molecule has 21 heavy (non-hydrogen) atoms. The van der Waals surface area contributed by atoms with Crippen LogP contribution in [0.5, 0.6) is 0 Å². The van der Waals surface area contributed by atoms with Gasteiger partial charge in [0, 0.05) is 17.1 Å². The van der Waals surface area contributed by atoms with Crippen molar-refractivity contribution in [1.82, 2.24) is 9.97 Å². The van der Waals surface area contributed by atoms with Crippen LogP contribution in [-0.4, -0.2) is 9.97 Å². The van der Waals surface area contributed by atoms with Gasteiger partial charge in [-0.05, 0) is 61.2 Å². The fraction of sp³-hybridized carbons (Fsp3) is 0.263. The van der Waals surface area contributed by atoms with E-state index in [1.54, 1.807) is 6.20 Å². The van der Waals surface area contributed by atoms with Crippen molar-refractivity contribution >= 4 is 11.0 Å². The van der Waals surface area contributed by atoms with E-state index in [1.807, 2.05) is 12.1 Å². The number of nitrogens with zero attached hydrogens (tertiary/aromatic N) is 2. The minimum Gasteiger partial charge on any atom is -0.237 e. The van der Waals surface area contributed by atoms with Crippen LogP contribution in [-0.2, 0) is 0 Å². The zero-order valence-corrected chi connectivity index (χ0v) is 12.8. The average Bonchev–Trinajstić information content (AvgIpc) is 2.53. The molecule has 2 aromatic heterocycles. The summed E-state index contributed by atoms with van der Waals surface area (Å²) >= 11 is 0. The van der Waals surface area contributed by atoms with E-state index in [4.69, 9.17) is 4.98 Å². The summed E-state index contributed by atoms with van der Waals surface area (Å²) in [5, 5.41) is 1.08. The Balaban J connectivity index is 2.11. The van der Waals surface area contributed by atoms with Crippen LogP contribution in [0.3, 0.4) is 0 Å². The quantitative estimate of drug-likeness (QED) is 0.663. The molecule has 0 N–H and O–H groups in total. The summed E-state index contributed by atoms with van der Waals surface area (Å²) < 4.78 is 0. The van der Waals surface area contributed by atoms with Crippen LogP contribution in [0.1, 0.15) is 37.3 Å². The summed E-state index contributed by atoms with van der Waals surface area (Å²) in [5.41, 5.74) is 5.65. The molecule has 0 spiro atoms. The topological polar surface area (TPSA) is 25.8 Å². The van der Waals surface area contributed by atoms with Gasteiger partial charge in [0.25, 0.3) is 0 Å². The Morgan fingerprint density at radius 1 is 1.10 bits per heavy atom. The summed E-state index contributed by atoms with van der Waals surface area (Å²) in [6.07, 6.45) is 2.94. The second-order valence-corrected chi connectivity index (χ2v) is 5.69. The smallest absolute Gasteiger partial charge is 0.159 e. The van der Waals surface area contributed by atoms with E-state index in [9.17, 15) is 0 Å². The van der Waals surface area contributed by atoms with Crippen LogP contribution < -0.4 is 0 Å². The lowest BCUT2D eigenvalue weighted by atomic mass is 9.94. The number of aromatic nitrogens is 2. The number of hydrogen-bond acceptors (Lipinski definition) is 2. The maximum atomic E-state index is 4.70. The number of pyridine rings is 2. The SMILES string of the molecule is CCC(C)c1cc(C)cc(-c2ccc3cccnc3n2)c1. The first-order chi connectivity index (χ1) is 10.2. The lowest BCUT2D eigenvalue weighted by molar-refractivity contribution is 0.733. The molecule has 2 heterocycles. The second-order valence-electron chi connectivity index (χ2n) is 5.69.